The molecule has 23 heavy (non-hydrogen) atoms. The zero-order chi connectivity index (χ0) is 16.1. The molecule has 1 amide bonds. The second-order valence-electron chi connectivity index (χ2n) is 6.03. The van der Waals surface area contributed by atoms with Gasteiger partial charge >= 0.3 is 0 Å². The lowest BCUT2D eigenvalue weighted by molar-refractivity contribution is 0.0946. The number of aromatic nitrogens is 2. The lowest BCUT2D eigenvalue weighted by Gasteiger charge is -2.13. The maximum Gasteiger partial charge on any atom is 0.270 e. The summed E-state index contributed by atoms with van der Waals surface area (Å²) in [4.78, 5) is 12.5. The maximum absolute atomic E-state index is 12.5. The number of carbonyl (C=O) groups excluding carboxylic acids is 1. The Bertz CT molecular complexity index is 701. The predicted molar refractivity (Wildman–Crippen MR) is 91.8 cm³/mol. The highest BCUT2D eigenvalue weighted by molar-refractivity contribution is 5.93. The summed E-state index contributed by atoms with van der Waals surface area (Å²) in [5.74, 6) is -0.0640. The molecule has 0 unspecified atom stereocenters. The lowest BCUT2D eigenvalue weighted by atomic mass is 9.97. The third-order valence-corrected chi connectivity index (χ3v) is 4.18. The van der Waals surface area contributed by atoms with Crippen molar-refractivity contribution in [3.05, 3.63) is 59.4 Å². The van der Waals surface area contributed by atoms with E-state index < -0.39 is 0 Å². The molecule has 1 aromatic heterocycles. The first kappa shape index (κ1) is 15.5. The number of nitrogens with one attached hydrogen (secondary N) is 1. The highest BCUT2D eigenvalue weighted by Gasteiger charge is 2.15. The van der Waals surface area contributed by atoms with E-state index in [-0.39, 0.29) is 5.91 Å². The van der Waals surface area contributed by atoms with E-state index in [1.54, 1.807) is 4.68 Å². The number of para-hydroxylation sites is 1. The number of allylic oxidation sites excluding steroid dienone is 1. The average molecular weight is 309 g/mol. The number of rotatable bonds is 5. The topological polar surface area (TPSA) is 46.9 Å². The Labute approximate surface area is 137 Å². The van der Waals surface area contributed by atoms with Gasteiger partial charge in [-0.05, 0) is 57.2 Å². The van der Waals surface area contributed by atoms with Crippen molar-refractivity contribution in [2.24, 2.45) is 0 Å². The summed E-state index contributed by atoms with van der Waals surface area (Å²) in [6.07, 6.45) is 8.21. The number of aryl methyl sites for hydroxylation is 1. The van der Waals surface area contributed by atoms with E-state index in [0.29, 0.717) is 12.2 Å². The minimum Gasteiger partial charge on any atom is -0.350 e. The Morgan fingerprint density at radius 1 is 1.26 bits per heavy atom. The highest BCUT2D eigenvalue weighted by atomic mass is 16.2. The molecule has 1 N–H and O–H groups in total. The van der Waals surface area contributed by atoms with Crippen LogP contribution in [0.15, 0.2) is 48.0 Å². The molecule has 2 aromatic rings. The van der Waals surface area contributed by atoms with Gasteiger partial charge in [-0.3, -0.25) is 4.79 Å². The summed E-state index contributed by atoms with van der Waals surface area (Å²) in [5.41, 5.74) is 3.81. The summed E-state index contributed by atoms with van der Waals surface area (Å²) >= 11 is 0. The zero-order valence-electron chi connectivity index (χ0n) is 13.6. The minimum absolute atomic E-state index is 0.0640. The largest absolute Gasteiger partial charge is 0.350 e. The Balaban J connectivity index is 1.66. The first-order chi connectivity index (χ1) is 11.2. The van der Waals surface area contributed by atoms with Gasteiger partial charge < -0.3 is 5.32 Å². The van der Waals surface area contributed by atoms with Crippen molar-refractivity contribution in [2.45, 2.75) is 39.0 Å². The fraction of sp³-hybridized carbons (Fsp3) is 0.368. The van der Waals surface area contributed by atoms with E-state index >= 15 is 0 Å². The molecule has 0 radical (unpaired) electrons. The van der Waals surface area contributed by atoms with Crippen LogP contribution >= 0.6 is 0 Å². The molecular weight excluding hydrogens is 286 g/mol. The molecule has 0 saturated carbocycles. The monoisotopic (exact) mass is 309 g/mol. The van der Waals surface area contributed by atoms with Crippen LogP contribution in [0.5, 0.6) is 0 Å². The second-order valence-corrected chi connectivity index (χ2v) is 6.03. The number of hydrogen-bond donors (Lipinski definition) is 1. The van der Waals surface area contributed by atoms with E-state index in [9.17, 15) is 4.79 Å². The van der Waals surface area contributed by atoms with E-state index in [0.717, 1.165) is 17.8 Å². The van der Waals surface area contributed by atoms with Crippen molar-refractivity contribution in [3.63, 3.8) is 0 Å². The van der Waals surface area contributed by atoms with Crippen LogP contribution in [-0.2, 0) is 0 Å². The average Bonchev–Trinajstić information content (AvgIpc) is 2.98. The quantitative estimate of drug-likeness (QED) is 0.854. The summed E-state index contributed by atoms with van der Waals surface area (Å²) in [6.45, 7) is 2.59. The van der Waals surface area contributed by atoms with Gasteiger partial charge in [0.1, 0.15) is 5.69 Å². The molecule has 120 valence electrons. The molecule has 0 saturated heterocycles. The van der Waals surface area contributed by atoms with Gasteiger partial charge in [0.25, 0.3) is 5.91 Å². The van der Waals surface area contributed by atoms with Gasteiger partial charge in [-0.2, -0.15) is 5.10 Å². The van der Waals surface area contributed by atoms with Gasteiger partial charge in [0.2, 0.25) is 0 Å². The summed E-state index contributed by atoms with van der Waals surface area (Å²) < 4.78 is 1.71. The molecule has 0 fully saturated rings. The summed E-state index contributed by atoms with van der Waals surface area (Å²) in [6, 6.07) is 11.6. The molecule has 1 aromatic carbocycles. The van der Waals surface area contributed by atoms with Crippen molar-refractivity contribution in [3.8, 4) is 5.69 Å². The highest BCUT2D eigenvalue weighted by Crippen LogP contribution is 2.19. The van der Waals surface area contributed by atoms with Crippen LogP contribution in [-0.4, -0.2) is 22.2 Å². The van der Waals surface area contributed by atoms with E-state index in [4.69, 9.17) is 0 Å². The van der Waals surface area contributed by atoms with Gasteiger partial charge in [-0.15, -0.1) is 0 Å². The Hall–Kier alpha value is -2.36. The molecule has 1 aliphatic carbocycles. The minimum atomic E-state index is -0.0640. The van der Waals surface area contributed by atoms with Crippen LogP contribution in [0.4, 0.5) is 0 Å². The third-order valence-electron chi connectivity index (χ3n) is 4.18. The van der Waals surface area contributed by atoms with Gasteiger partial charge in [0.15, 0.2) is 0 Å². The molecule has 1 aliphatic rings. The lowest BCUT2D eigenvalue weighted by Crippen LogP contribution is -2.27. The molecule has 1 heterocycles. The van der Waals surface area contributed by atoms with Gasteiger partial charge in [-0.1, -0.05) is 29.8 Å². The fourth-order valence-corrected chi connectivity index (χ4v) is 2.99. The standard InChI is InChI=1S/C19H23N3O/c1-15-14-18(22(21-15)17-10-6-3-7-11-17)19(23)20-13-12-16-8-4-2-5-9-16/h3,6-8,10-11,14H,2,4-5,9,12-13H2,1H3,(H,20,23). The molecule has 4 nitrogen and oxygen atoms in total. The van der Waals surface area contributed by atoms with Crippen LogP contribution in [0.3, 0.4) is 0 Å². The molecular formula is C19H23N3O. The first-order valence-corrected chi connectivity index (χ1v) is 8.32. The van der Waals surface area contributed by atoms with Crippen molar-refractivity contribution in [1.82, 2.24) is 15.1 Å². The normalized spacial score (nSPS) is 14.4. The smallest absolute Gasteiger partial charge is 0.270 e. The van der Waals surface area contributed by atoms with Crippen LogP contribution < -0.4 is 5.32 Å². The van der Waals surface area contributed by atoms with Crippen LogP contribution in [0.1, 0.15) is 48.3 Å². The number of carbonyl (C=O) groups is 1. The third kappa shape index (κ3) is 3.89. The van der Waals surface area contributed by atoms with Gasteiger partial charge in [0.05, 0.1) is 11.4 Å². The maximum atomic E-state index is 12.5. The number of benzene rings is 1. The summed E-state index contributed by atoms with van der Waals surface area (Å²) in [7, 11) is 0. The predicted octanol–water partition coefficient (Wildman–Crippen LogP) is 3.80. The van der Waals surface area contributed by atoms with Crippen LogP contribution in [0, 0.1) is 6.92 Å². The van der Waals surface area contributed by atoms with Crippen LogP contribution in [0.25, 0.3) is 5.69 Å². The number of amides is 1. The van der Waals surface area contributed by atoms with Crippen molar-refractivity contribution in [2.75, 3.05) is 6.54 Å². The molecule has 0 aliphatic heterocycles. The number of nitrogens with zero attached hydrogens (tertiary/aromatic N) is 2. The van der Waals surface area contributed by atoms with Crippen molar-refractivity contribution >= 4 is 5.91 Å². The van der Waals surface area contributed by atoms with Crippen molar-refractivity contribution in [1.29, 1.82) is 0 Å². The van der Waals surface area contributed by atoms with Crippen molar-refractivity contribution < 1.29 is 4.79 Å². The molecule has 0 atom stereocenters. The molecule has 3 rings (SSSR count). The fourth-order valence-electron chi connectivity index (χ4n) is 2.99. The Kier molecular flexibility index (Phi) is 4.91. The molecule has 4 heteroatoms. The summed E-state index contributed by atoms with van der Waals surface area (Å²) in [5, 5.41) is 7.47. The Morgan fingerprint density at radius 2 is 2.09 bits per heavy atom. The first-order valence-electron chi connectivity index (χ1n) is 8.32. The Morgan fingerprint density at radius 3 is 2.83 bits per heavy atom. The van der Waals surface area contributed by atoms with Crippen LogP contribution in [0.2, 0.25) is 0 Å². The van der Waals surface area contributed by atoms with Gasteiger partial charge in [-0.25, -0.2) is 4.68 Å². The van der Waals surface area contributed by atoms with Gasteiger partial charge in [0, 0.05) is 6.54 Å². The van der Waals surface area contributed by atoms with E-state index in [1.807, 2.05) is 43.3 Å². The second kappa shape index (κ2) is 7.27. The van der Waals surface area contributed by atoms with E-state index in [1.165, 1.54) is 31.3 Å². The number of hydrogen-bond acceptors (Lipinski definition) is 2. The van der Waals surface area contributed by atoms with E-state index in [2.05, 4.69) is 16.5 Å². The SMILES string of the molecule is Cc1cc(C(=O)NCCC2=CCCCC2)n(-c2ccccc2)n1. The zero-order valence-corrected chi connectivity index (χ0v) is 13.6. The molecule has 0 bridgehead atoms. The molecule has 0 spiro atoms.